The fourth-order valence-electron chi connectivity index (χ4n) is 3.36. The molecule has 0 aliphatic carbocycles. The van der Waals surface area contributed by atoms with Crippen LogP contribution in [0, 0.1) is 18.8 Å². The van der Waals surface area contributed by atoms with Gasteiger partial charge in [-0.2, -0.15) is 0 Å². The molecule has 6 nitrogen and oxygen atoms in total. The van der Waals surface area contributed by atoms with Crippen molar-refractivity contribution in [1.29, 1.82) is 0 Å². The molecule has 136 valence electrons. The summed E-state index contributed by atoms with van der Waals surface area (Å²) in [6, 6.07) is 9.51. The van der Waals surface area contributed by atoms with Gasteiger partial charge in [-0.3, -0.25) is 0 Å². The summed E-state index contributed by atoms with van der Waals surface area (Å²) in [7, 11) is 1.59. The predicted octanol–water partition coefficient (Wildman–Crippen LogP) is 4.82. The molecule has 0 unspecified atom stereocenters. The zero-order chi connectivity index (χ0) is 18.8. The third kappa shape index (κ3) is 2.98. The highest BCUT2D eigenvalue weighted by molar-refractivity contribution is 5.97. The molecule has 0 aliphatic heterocycles. The minimum absolute atomic E-state index is 0.0738. The Morgan fingerprint density at radius 2 is 1.92 bits per heavy atom. The molecule has 0 bridgehead atoms. The zero-order valence-electron chi connectivity index (χ0n) is 15.4. The van der Waals surface area contributed by atoms with Crippen molar-refractivity contribution < 1.29 is 14.6 Å². The average molecular weight is 354 g/mol. The van der Waals surface area contributed by atoms with Crippen molar-refractivity contribution in [1.82, 2.24) is 4.57 Å². The second kappa shape index (κ2) is 7.07. The molecule has 1 N–H and O–H groups in total. The quantitative estimate of drug-likeness (QED) is 0.644. The molecule has 26 heavy (non-hydrogen) atoms. The number of aromatic hydroxyl groups is 1. The molecule has 0 atom stereocenters. The smallest absolute Gasteiger partial charge is 0.222 e. The third-order valence-electron chi connectivity index (χ3n) is 4.40. The maximum Gasteiger partial charge on any atom is 0.222 e. The van der Waals surface area contributed by atoms with Crippen molar-refractivity contribution in [2.75, 3.05) is 13.7 Å². The topological polar surface area (TPSA) is 73.0 Å². The van der Waals surface area contributed by atoms with E-state index in [0.29, 0.717) is 30.0 Å². The van der Waals surface area contributed by atoms with E-state index in [-0.39, 0.29) is 11.6 Å². The lowest BCUT2D eigenvalue weighted by Gasteiger charge is -2.13. The number of rotatable bonds is 6. The molecule has 0 saturated heterocycles. The van der Waals surface area contributed by atoms with E-state index in [1.54, 1.807) is 11.7 Å². The number of benzene rings is 2. The van der Waals surface area contributed by atoms with E-state index in [0.717, 1.165) is 22.2 Å². The van der Waals surface area contributed by atoms with Crippen LogP contribution in [0.5, 0.6) is 17.4 Å². The van der Waals surface area contributed by atoms with Crippen LogP contribution in [0.1, 0.15) is 23.6 Å². The van der Waals surface area contributed by atoms with Crippen molar-refractivity contribution in [2.24, 2.45) is 5.18 Å². The highest BCUT2D eigenvalue weighted by atomic mass is 16.5. The normalized spacial score (nSPS) is 10.9. The van der Waals surface area contributed by atoms with E-state index in [4.69, 9.17) is 9.47 Å². The Balaban J connectivity index is 2.12. The van der Waals surface area contributed by atoms with Crippen LogP contribution in [0.4, 0.5) is 5.69 Å². The predicted molar refractivity (Wildman–Crippen MR) is 102 cm³/mol. The molecule has 2 aromatic carbocycles. The van der Waals surface area contributed by atoms with Crippen LogP contribution in [-0.4, -0.2) is 23.4 Å². The number of ether oxygens (including phenoxy) is 2. The molecule has 0 fully saturated rings. The average Bonchev–Trinajstić information content (AvgIpc) is 2.87. The maximum absolute atomic E-state index is 11.3. The van der Waals surface area contributed by atoms with Crippen LogP contribution in [0.2, 0.25) is 0 Å². The van der Waals surface area contributed by atoms with Crippen LogP contribution in [-0.2, 0) is 6.54 Å². The first kappa shape index (κ1) is 17.8. The monoisotopic (exact) mass is 354 g/mol. The van der Waals surface area contributed by atoms with Gasteiger partial charge < -0.3 is 19.1 Å². The van der Waals surface area contributed by atoms with Gasteiger partial charge in [-0.15, -0.1) is 4.91 Å². The fourth-order valence-corrected chi connectivity index (χ4v) is 3.36. The molecule has 3 aromatic rings. The van der Waals surface area contributed by atoms with Crippen molar-refractivity contribution in [2.45, 2.75) is 27.3 Å². The Kier molecular flexibility index (Phi) is 4.84. The summed E-state index contributed by atoms with van der Waals surface area (Å²) in [5, 5.41) is 14.3. The van der Waals surface area contributed by atoms with Crippen molar-refractivity contribution in [3.63, 3.8) is 0 Å². The highest BCUT2D eigenvalue weighted by Crippen LogP contribution is 2.41. The van der Waals surface area contributed by atoms with E-state index in [2.05, 4.69) is 5.18 Å². The van der Waals surface area contributed by atoms with Crippen molar-refractivity contribution >= 4 is 16.6 Å². The number of aromatic nitrogens is 1. The number of nitrogens with zero attached hydrogens (tertiary/aromatic N) is 2. The minimum atomic E-state index is -0.128. The number of nitroso groups, excluding NO2 is 1. The molecule has 3 rings (SSSR count). The van der Waals surface area contributed by atoms with Gasteiger partial charge in [-0.1, -0.05) is 17.7 Å². The van der Waals surface area contributed by atoms with E-state index in [1.165, 1.54) is 0 Å². The molecule has 0 amide bonds. The first-order valence-electron chi connectivity index (χ1n) is 8.45. The third-order valence-corrected chi connectivity index (χ3v) is 4.40. The van der Waals surface area contributed by atoms with E-state index in [1.807, 2.05) is 51.1 Å². The Morgan fingerprint density at radius 1 is 1.15 bits per heavy atom. The molecule has 1 heterocycles. The maximum atomic E-state index is 11.3. The molecule has 0 spiro atoms. The number of fused-ring (bicyclic) bond motifs is 1. The lowest BCUT2D eigenvalue weighted by molar-refractivity contribution is 0.310. The Hall–Kier alpha value is -3.02. The molecule has 0 aliphatic rings. The summed E-state index contributed by atoms with van der Waals surface area (Å²) >= 11 is 0. The molecule has 0 radical (unpaired) electrons. The summed E-state index contributed by atoms with van der Waals surface area (Å²) in [5.41, 5.74) is 3.78. The molecule has 6 heteroatoms. The van der Waals surface area contributed by atoms with Crippen LogP contribution >= 0.6 is 0 Å². The molecule has 1 aromatic heterocycles. The van der Waals surface area contributed by atoms with Gasteiger partial charge in [0.2, 0.25) is 5.88 Å². The summed E-state index contributed by atoms with van der Waals surface area (Å²) in [4.78, 5) is 11.3. The van der Waals surface area contributed by atoms with E-state index >= 15 is 0 Å². The molecular formula is C20H22N2O4. The van der Waals surface area contributed by atoms with Crippen molar-refractivity contribution in [3.05, 3.63) is 51.9 Å². The number of methoxy groups -OCH3 is 1. The lowest BCUT2D eigenvalue weighted by Crippen LogP contribution is -2.02. The van der Waals surface area contributed by atoms with Crippen LogP contribution in [0.15, 0.2) is 35.5 Å². The first-order valence-corrected chi connectivity index (χ1v) is 8.45. The van der Waals surface area contributed by atoms with Crippen LogP contribution in [0.3, 0.4) is 0 Å². The molecular weight excluding hydrogens is 332 g/mol. The Morgan fingerprint density at radius 3 is 2.58 bits per heavy atom. The van der Waals surface area contributed by atoms with Gasteiger partial charge in [0.1, 0.15) is 0 Å². The number of aryl methyl sites for hydroxylation is 2. The summed E-state index contributed by atoms with van der Waals surface area (Å²) in [6.07, 6.45) is 0. The second-order valence-corrected chi connectivity index (χ2v) is 6.25. The minimum Gasteiger partial charge on any atom is -0.493 e. The number of hydrogen-bond acceptors (Lipinski definition) is 5. The van der Waals surface area contributed by atoms with Crippen LogP contribution < -0.4 is 9.47 Å². The van der Waals surface area contributed by atoms with E-state index < -0.39 is 0 Å². The van der Waals surface area contributed by atoms with Gasteiger partial charge in [0.25, 0.3) is 0 Å². The standard InChI is InChI=1S/C20H22N2O4/c1-5-26-16-7-6-14(10-17(16)25-4)11-22-19-13(3)8-12(2)9-15(19)18(21-24)20(22)23/h6-10,23H,5,11H2,1-4H3. The summed E-state index contributed by atoms with van der Waals surface area (Å²) in [6.45, 7) is 6.75. The Labute approximate surface area is 151 Å². The van der Waals surface area contributed by atoms with Gasteiger partial charge in [0.15, 0.2) is 17.2 Å². The van der Waals surface area contributed by atoms with E-state index in [9.17, 15) is 10.0 Å². The zero-order valence-corrected chi connectivity index (χ0v) is 15.4. The highest BCUT2D eigenvalue weighted by Gasteiger charge is 2.20. The van der Waals surface area contributed by atoms with Gasteiger partial charge in [0, 0.05) is 5.39 Å². The first-order chi connectivity index (χ1) is 12.5. The largest absolute Gasteiger partial charge is 0.493 e. The lowest BCUT2D eigenvalue weighted by atomic mass is 10.1. The molecule has 0 saturated carbocycles. The summed E-state index contributed by atoms with van der Waals surface area (Å²) in [5.74, 6) is 1.17. The Bertz CT molecular complexity index is 976. The fraction of sp³-hybridized carbons (Fsp3) is 0.300. The van der Waals surface area contributed by atoms with Gasteiger partial charge in [-0.25, -0.2) is 0 Å². The van der Waals surface area contributed by atoms with Gasteiger partial charge in [-0.05, 0) is 55.3 Å². The van der Waals surface area contributed by atoms with Gasteiger partial charge in [0.05, 0.1) is 25.8 Å². The second-order valence-electron chi connectivity index (χ2n) is 6.25. The van der Waals surface area contributed by atoms with Crippen molar-refractivity contribution in [3.8, 4) is 17.4 Å². The number of hydrogen-bond donors (Lipinski definition) is 1. The van der Waals surface area contributed by atoms with Gasteiger partial charge >= 0.3 is 0 Å². The summed E-state index contributed by atoms with van der Waals surface area (Å²) < 4.78 is 12.6. The SMILES string of the molecule is CCOc1ccc(Cn2c(O)c(N=O)c3cc(C)cc(C)c32)cc1OC. The van der Waals surface area contributed by atoms with Crippen LogP contribution in [0.25, 0.3) is 10.9 Å².